The number of piperazine rings is 1. The maximum Gasteiger partial charge on any atom is 0.407 e. The van der Waals surface area contributed by atoms with Crippen LogP contribution in [0.4, 0.5) is 4.79 Å². The number of carboxylic acid groups (broad SMARTS) is 1. The van der Waals surface area contributed by atoms with Crippen LogP contribution in [-0.2, 0) is 0 Å². The summed E-state index contributed by atoms with van der Waals surface area (Å²) < 4.78 is 0. The summed E-state index contributed by atoms with van der Waals surface area (Å²) in [5.41, 5.74) is 0. The lowest BCUT2D eigenvalue weighted by atomic mass is 10.3. The zero-order valence-electron chi connectivity index (χ0n) is 8.79. The van der Waals surface area contributed by atoms with Crippen molar-refractivity contribution in [1.29, 1.82) is 0 Å². The molecule has 4 nitrogen and oxygen atoms in total. The van der Waals surface area contributed by atoms with Crippen LogP contribution in [0.3, 0.4) is 0 Å². The highest BCUT2D eigenvalue weighted by atomic mass is 16.4. The molecular weight excluding hydrogens is 168 g/mol. The van der Waals surface area contributed by atoms with E-state index in [0.29, 0.717) is 13.1 Å². The molecule has 1 aliphatic heterocycles. The lowest BCUT2D eigenvalue weighted by Crippen LogP contribution is -2.46. The fourth-order valence-corrected chi connectivity index (χ4v) is 0.998. The van der Waals surface area contributed by atoms with Crippen LogP contribution in [0.25, 0.3) is 0 Å². The summed E-state index contributed by atoms with van der Waals surface area (Å²) in [7, 11) is 2.00. The van der Waals surface area contributed by atoms with Crippen LogP contribution < -0.4 is 0 Å². The molecule has 0 saturated carbocycles. The molecule has 78 valence electrons. The van der Waals surface area contributed by atoms with Crippen LogP contribution in [0, 0.1) is 0 Å². The van der Waals surface area contributed by atoms with Crippen LogP contribution in [0.2, 0.25) is 0 Å². The van der Waals surface area contributed by atoms with E-state index in [4.69, 9.17) is 5.11 Å². The van der Waals surface area contributed by atoms with Gasteiger partial charge >= 0.3 is 6.09 Å². The van der Waals surface area contributed by atoms with Gasteiger partial charge in [-0.15, -0.1) is 0 Å². The lowest BCUT2D eigenvalue weighted by Gasteiger charge is -2.30. The molecule has 4 heteroatoms. The Bertz CT molecular complexity index is 143. The molecule has 0 atom stereocenters. The monoisotopic (exact) mass is 188 g/mol. The minimum absolute atomic E-state index is 0.645. The van der Waals surface area contributed by atoms with Gasteiger partial charge in [-0.3, -0.25) is 0 Å². The average Bonchev–Trinajstić information content (AvgIpc) is 2.06. The summed E-state index contributed by atoms with van der Waals surface area (Å²) in [6, 6.07) is 0. The molecule has 1 amide bonds. The molecule has 1 aliphatic rings. The predicted octanol–water partition coefficient (Wildman–Crippen LogP) is 1.33. The molecule has 0 bridgehead atoms. The van der Waals surface area contributed by atoms with Crippen molar-refractivity contribution in [2.75, 3.05) is 33.2 Å². The Morgan fingerprint density at radius 2 is 1.62 bits per heavy atom. The number of carbonyl (C=O) groups is 1. The maximum absolute atomic E-state index is 10.4. The highest BCUT2D eigenvalue weighted by Gasteiger charge is 2.16. The van der Waals surface area contributed by atoms with Gasteiger partial charge in [-0.25, -0.2) is 4.79 Å². The topological polar surface area (TPSA) is 43.8 Å². The first kappa shape index (κ1) is 12.2. The second-order valence-electron chi connectivity index (χ2n) is 3.28. The molecule has 1 fully saturated rings. The fourth-order valence-electron chi connectivity index (χ4n) is 0.998. The smallest absolute Gasteiger partial charge is 0.407 e. The van der Waals surface area contributed by atoms with Crippen molar-refractivity contribution in [2.45, 2.75) is 20.3 Å². The lowest BCUT2D eigenvalue weighted by molar-refractivity contribution is 0.115. The third-order valence-electron chi connectivity index (χ3n) is 1.77. The number of amides is 1. The van der Waals surface area contributed by atoms with Crippen LogP contribution in [0.1, 0.15) is 20.3 Å². The summed E-state index contributed by atoms with van der Waals surface area (Å²) in [4.78, 5) is 13.9. The van der Waals surface area contributed by atoms with Crippen molar-refractivity contribution in [3.63, 3.8) is 0 Å². The Morgan fingerprint density at radius 3 is 1.92 bits per heavy atom. The van der Waals surface area contributed by atoms with Crippen LogP contribution in [0.15, 0.2) is 0 Å². The first-order chi connectivity index (χ1) is 6.11. The van der Waals surface area contributed by atoms with E-state index in [0.717, 1.165) is 13.1 Å². The molecule has 1 saturated heterocycles. The van der Waals surface area contributed by atoms with Gasteiger partial charge < -0.3 is 14.9 Å². The molecule has 0 aromatic heterocycles. The number of nitrogens with zero attached hydrogens (tertiary/aromatic N) is 2. The van der Waals surface area contributed by atoms with Crippen LogP contribution in [-0.4, -0.2) is 54.2 Å². The van der Waals surface area contributed by atoms with Gasteiger partial charge in [0.1, 0.15) is 0 Å². The Balaban J connectivity index is 0.000000424. The fraction of sp³-hybridized carbons (Fsp3) is 0.889. The van der Waals surface area contributed by atoms with Crippen molar-refractivity contribution < 1.29 is 9.90 Å². The van der Waals surface area contributed by atoms with Crippen molar-refractivity contribution in [3.8, 4) is 0 Å². The van der Waals surface area contributed by atoms with Gasteiger partial charge in [0.05, 0.1) is 0 Å². The van der Waals surface area contributed by atoms with Crippen LogP contribution in [0.5, 0.6) is 0 Å². The normalized spacial score (nSPS) is 17.6. The van der Waals surface area contributed by atoms with Crippen molar-refractivity contribution in [1.82, 2.24) is 9.80 Å². The quantitative estimate of drug-likeness (QED) is 0.623. The van der Waals surface area contributed by atoms with E-state index < -0.39 is 6.09 Å². The van der Waals surface area contributed by atoms with Gasteiger partial charge in [0.2, 0.25) is 0 Å². The Kier molecular flexibility index (Phi) is 6.32. The van der Waals surface area contributed by atoms with Gasteiger partial charge in [-0.05, 0) is 7.05 Å². The summed E-state index contributed by atoms with van der Waals surface area (Å²) in [6.07, 6.45) is 0.452. The van der Waals surface area contributed by atoms with Gasteiger partial charge in [0.15, 0.2) is 0 Å². The summed E-state index contributed by atoms with van der Waals surface area (Å²) in [5.74, 6) is 0. The van der Waals surface area contributed by atoms with Gasteiger partial charge in [-0.2, -0.15) is 0 Å². The Labute approximate surface area is 80.1 Å². The zero-order chi connectivity index (χ0) is 10.3. The van der Waals surface area contributed by atoms with E-state index in [1.165, 1.54) is 11.3 Å². The average molecular weight is 188 g/mol. The van der Waals surface area contributed by atoms with E-state index in [9.17, 15) is 4.79 Å². The van der Waals surface area contributed by atoms with Crippen molar-refractivity contribution in [3.05, 3.63) is 0 Å². The van der Waals surface area contributed by atoms with Gasteiger partial charge in [-0.1, -0.05) is 20.3 Å². The number of likely N-dealkylation sites (N-methyl/N-ethyl adjacent to an activating group) is 1. The van der Waals surface area contributed by atoms with E-state index in [2.05, 4.69) is 18.7 Å². The summed E-state index contributed by atoms with van der Waals surface area (Å²) in [6.45, 7) is 7.25. The van der Waals surface area contributed by atoms with Gasteiger partial charge in [0.25, 0.3) is 0 Å². The highest BCUT2D eigenvalue weighted by molar-refractivity contribution is 5.65. The minimum Gasteiger partial charge on any atom is -0.465 e. The first-order valence-corrected chi connectivity index (χ1v) is 4.78. The molecule has 0 unspecified atom stereocenters. The number of hydrogen-bond donors (Lipinski definition) is 1. The van der Waals surface area contributed by atoms with Gasteiger partial charge in [0, 0.05) is 26.2 Å². The molecular formula is C9H20N2O2. The second-order valence-corrected chi connectivity index (χ2v) is 3.28. The van der Waals surface area contributed by atoms with E-state index in [1.54, 1.807) is 0 Å². The van der Waals surface area contributed by atoms with Crippen LogP contribution >= 0.6 is 0 Å². The number of rotatable bonds is 0. The van der Waals surface area contributed by atoms with E-state index in [1.807, 2.05) is 7.05 Å². The SMILES string of the molecule is CCC.CN1CCN(C(=O)O)CC1. The molecule has 0 spiro atoms. The van der Waals surface area contributed by atoms with Crippen molar-refractivity contribution >= 4 is 6.09 Å². The standard InChI is InChI=1S/C6H12N2O2.C3H8/c1-7-2-4-8(5-3-7)6(9)10;1-3-2/h2-5H2,1H3,(H,9,10);3H2,1-2H3. The molecule has 0 aliphatic carbocycles. The Morgan fingerprint density at radius 1 is 1.23 bits per heavy atom. The minimum atomic E-state index is -0.798. The highest BCUT2D eigenvalue weighted by Crippen LogP contribution is 1.97. The molecule has 1 heterocycles. The third kappa shape index (κ3) is 5.47. The summed E-state index contributed by atoms with van der Waals surface area (Å²) >= 11 is 0. The molecule has 0 aromatic rings. The first-order valence-electron chi connectivity index (χ1n) is 4.78. The molecule has 0 aromatic carbocycles. The van der Waals surface area contributed by atoms with E-state index >= 15 is 0 Å². The second kappa shape index (κ2) is 6.71. The number of hydrogen-bond acceptors (Lipinski definition) is 2. The third-order valence-corrected chi connectivity index (χ3v) is 1.77. The van der Waals surface area contributed by atoms with Crippen molar-refractivity contribution in [2.24, 2.45) is 0 Å². The van der Waals surface area contributed by atoms with E-state index in [-0.39, 0.29) is 0 Å². The zero-order valence-corrected chi connectivity index (χ0v) is 8.79. The summed E-state index contributed by atoms with van der Waals surface area (Å²) in [5, 5.41) is 8.53. The molecule has 1 N–H and O–H groups in total. The Hall–Kier alpha value is -0.770. The molecule has 13 heavy (non-hydrogen) atoms. The molecule has 0 radical (unpaired) electrons. The predicted molar refractivity (Wildman–Crippen MR) is 53.1 cm³/mol. The molecule has 1 rings (SSSR count). The maximum atomic E-state index is 10.4. The largest absolute Gasteiger partial charge is 0.465 e.